The van der Waals surface area contributed by atoms with E-state index in [1.165, 1.54) is 32.1 Å². The predicted octanol–water partition coefficient (Wildman–Crippen LogP) is 2.44. The largest absolute Gasteiger partial charge is 0.348 e. The molecule has 3 aliphatic rings. The number of piperidine rings is 1. The number of amides is 1. The van der Waals surface area contributed by atoms with Gasteiger partial charge in [-0.2, -0.15) is 0 Å². The summed E-state index contributed by atoms with van der Waals surface area (Å²) in [5, 5.41) is 10.6. The Morgan fingerprint density at radius 1 is 1.09 bits per heavy atom. The summed E-state index contributed by atoms with van der Waals surface area (Å²) in [5.74, 6) is 2.22. The third-order valence-electron chi connectivity index (χ3n) is 6.60. The van der Waals surface area contributed by atoms with Crippen molar-refractivity contribution in [2.45, 2.75) is 89.9 Å². The standard InChI is InChI=1S/C19H35N3O/c1-12-7-5-9-14-11-15(21-16(12)14)18(23)22-19(3,4)17-13(2)8-6-10-20-17/h12-17,20-21H,5-11H2,1-4H3,(H,22,23). The fraction of sp³-hybridized carbons (Fsp3) is 0.947. The second kappa shape index (κ2) is 6.72. The zero-order valence-electron chi connectivity index (χ0n) is 15.3. The van der Waals surface area contributed by atoms with Gasteiger partial charge in [0.1, 0.15) is 0 Å². The summed E-state index contributed by atoms with van der Waals surface area (Å²) in [5.41, 5.74) is -0.196. The van der Waals surface area contributed by atoms with Gasteiger partial charge in [0.2, 0.25) is 5.91 Å². The van der Waals surface area contributed by atoms with Gasteiger partial charge in [0.25, 0.3) is 0 Å². The van der Waals surface area contributed by atoms with Crippen LogP contribution in [0.5, 0.6) is 0 Å². The molecular weight excluding hydrogens is 286 g/mol. The van der Waals surface area contributed by atoms with E-state index in [-0.39, 0.29) is 17.5 Å². The molecular formula is C19H35N3O. The first-order valence-corrected chi connectivity index (χ1v) is 9.70. The van der Waals surface area contributed by atoms with Crippen molar-refractivity contribution in [3.8, 4) is 0 Å². The second-order valence-corrected chi connectivity index (χ2v) is 8.91. The molecule has 1 amide bonds. The Morgan fingerprint density at radius 3 is 2.52 bits per heavy atom. The average molecular weight is 322 g/mol. The molecule has 1 aliphatic carbocycles. The zero-order chi connectivity index (χ0) is 16.6. The highest BCUT2D eigenvalue weighted by molar-refractivity contribution is 5.83. The molecule has 23 heavy (non-hydrogen) atoms. The van der Waals surface area contributed by atoms with Crippen LogP contribution in [-0.2, 0) is 4.79 Å². The molecule has 0 radical (unpaired) electrons. The molecule has 4 heteroatoms. The number of fused-ring (bicyclic) bond motifs is 1. The maximum absolute atomic E-state index is 12.9. The highest BCUT2D eigenvalue weighted by atomic mass is 16.2. The average Bonchev–Trinajstić information content (AvgIpc) is 2.93. The van der Waals surface area contributed by atoms with Crippen molar-refractivity contribution in [1.82, 2.24) is 16.0 Å². The molecule has 0 aromatic heterocycles. The summed E-state index contributed by atoms with van der Waals surface area (Å²) >= 11 is 0. The molecule has 6 unspecified atom stereocenters. The summed E-state index contributed by atoms with van der Waals surface area (Å²) in [7, 11) is 0. The van der Waals surface area contributed by atoms with E-state index in [9.17, 15) is 4.79 Å². The Kier molecular flexibility index (Phi) is 5.03. The lowest BCUT2D eigenvalue weighted by Gasteiger charge is -2.42. The van der Waals surface area contributed by atoms with Crippen LogP contribution in [0.25, 0.3) is 0 Å². The van der Waals surface area contributed by atoms with Crippen molar-refractivity contribution in [3.05, 3.63) is 0 Å². The van der Waals surface area contributed by atoms with Crippen LogP contribution in [0.15, 0.2) is 0 Å². The Labute approximate surface area is 141 Å². The van der Waals surface area contributed by atoms with Gasteiger partial charge >= 0.3 is 0 Å². The minimum Gasteiger partial charge on any atom is -0.348 e. The molecule has 1 saturated carbocycles. The second-order valence-electron chi connectivity index (χ2n) is 8.91. The normalized spacial score (nSPS) is 41.4. The fourth-order valence-corrected chi connectivity index (χ4v) is 5.37. The lowest BCUT2D eigenvalue weighted by atomic mass is 9.78. The van der Waals surface area contributed by atoms with Gasteiger partial charge in [-0.3, -0.25) is 4.79 Å². The van der Waals surface area contributed by atoms with E-state index in [1.54, 1.807) is 0 Å². The molecule has 2 aliphatic heterocycles. The lowest BCUT2D eigenvalue weighted by Crippen LogP contribution is -2.63. The van der Waals surface area contributed by atoms with Crippen molar-refractivity contribution >= 4 is 5.91 Å². The van der Waals surface area contributed by atoms with E-state index in [0.717, 1.165) is 13.0 Å². The van der Waals surface area contributed by atoms with E-state index in [1.807, 2.05) is 0 Å². The first-order chi connectivity index (χ1) is 10.9. The van der Waals surface area contributed by atoms with Crippen LogP contribution in [0.2, 0.25) is 0 Å². The Bertz CT molecular complexity index is 436. The number of rotatable bonds is 3. The predicted molar refractivity (Wildman–Crippen MR) is 94.2 cm³/mol. The van der Waals surface area contributed by atoms with Crippen LogP contribution in [-0.4, -0.2) is 36.1 Å². The third-order valence-corrected chi connectivity index (χ3v) is 6.60. The topological polar surface area (TPSA) is 53.2 Å². The van der Waals surface area contributed by atoms with Crippen molar-refractivity contribution < 1.29 is 4.79 Å². The molecule has 0 spiro atoms. The molecule has 3 N–H and O–H groups in total. The Balaban J connectivity index is 1.60. The van der Waals surface area contributed by atoms with Gasteiger partial charge in [0, 0.05) is 17.6 Å². The monoisotopic (exact) mass is 321 g/mol. The van der Waals surface area contributed by atoms with Gasteiger partial charge in [-0.05, 0) is 70.3 Å². The first-order valence-electron chi connectivity index (χ1n) is 9.70. The van der Waals surface area contributed by atoms with E-state index >= 15 is 0 Å². The van der Waals surface area contributed by atoms with Crippen LogP contribution in [0.1, 0.15) is 66.2 Å². The molecule has 2 saturated heterocycles. The summed E-state index contributed by atoms with van der Waals surface area (Å²) in [6.07, 6.45) is 7.43. The van der Waals surface area contributed by atoms with Crippen molar-refractivity contribution in [2.24, 2.45) is 17.8 Å². The molecule has 2 heterocycles. The van der Waals surface area contributed by atoms with Crippen LogP contribution in [0.4, 0.5) is 0 Å². The minimum absolute atomic E-state index is 0.00345. The summed E-state index contributed by atoms with van der Waals surface area (Å²) in [6, 6.07) is 0.917. The highest BCUT2D eigenvalue weighted by Crippen LogP contribution is 2.37. The van der Waals surface area contributed by atoms with Crippen molar-refractivity contribution in [2.75, 3.05) is 6.54 Å². The SMILES string of the molecule is CC1CCCC2CC(C(=O)NC(C)(C)C3NCCCC3C)NC12. The molecule has 4 nitrogen and oxygen atoms in total. The quantitative estimate of drug-likeness (QED) is 0.748. The van der Waals surface area contributed by atoms with Crippen LogP contribution in [0.3, 0.4) is 0 Å². The summed E-state index contributed by atoms with van der Waals surface area (Å²) in [4.78, 5) is 12.9. The van der Waals surface area contributed by atoms with Gasteiger partial charge in [-0.1, -0.05) is 20.3 Å². The molecule has 3 fully saturated rings. The molecule has 132 valence electrons. The van der Waals surface area contributed by atoms with Gasteiger partial charge < -0.3 is 16.0 Å². The maximum atomic E-state index is 12.9. The van der Waals surface area contributed by atoms with Crippen LogP contribution >= 0.6 is 0 Å². The van der Waals surface area contributed by atoms with Gasteiger partial charge in [-0.15, -0.1) is 0 Å². The van der Waals surface area contributed by atoms with Crippen molar-refractivity contribution in [3.63, 3.8) is 0 Å². The first kappa shape index (κ1) is 17.2. The van der Waals surface area contributed by atoms with E-state index in [4.69, 9.17) is 0 Å². The van der Waals surface area contributed by atoms with Gasteiger partial charge in [-0.25, -0.2) is 0 Å². The number of carbonyl (C=O) groups excluding carboxylic acids is 1. The van der Waals surface area contributed by atoms with E-state index in [0.29, 0.717) is 29.8 Å². The van der Waals surface area contributed by atoms with Gasteiger partial charge in [0.15, 0.2) is 0 Å². The maximum Gasteiger partial charge on any atom is 0.237 e. The molecule has 3 rings (SSSR count). The number of nitrogens with one attached hydrogen (secondary N) is 3. The number of hydrogen-bond acceptors (Lipinski definition) is 3. The number of carbonyl (C=O) groups is 1. The molecule has 6 atom stereocenters. The number of hydrogen-bond donors (Lipinski definition) is 3. The van der Waals surface area contributed by atoms with E-state index in [2.05, 4.69) is 43.6 Å². The minimum atomic E-state index is -0.196. The molecule has 0 aromatic rings. The van der Waals surface area contributed by atoms with Crippen molar-refractivity contribution in [1.29, 1.82) is 0 Å². The molecule has 0 aromatic carbocycles. The third kappa shape index (κ3) is 3.58. The summed E-state index contributed by atoms with van der Waals surface area (Å²) in [6.45, 7) is 10.1. The molecule has 0 bridgehead atoms. The smallest absolute Gasteiger partial charge is 0.237 e. The van der Waals surface area contributed by atoms with E-state index < -0.39 is 0 Å². The lowest BCUT2D eigenvalue weighted by molar-refractivity contribution is -0.125. The van der Waals surface area contributed by atoms with Crippen LogP contribution < -0.4 is 16.0 Å². The zero-order valence-corrected chi connectivity index (χ0v) is 15.3. The highest BCUT2D eigenvalue weighted by Gasteiger charge is 2.43. The van der Waals surface area contributed by atoms with Gasteiger partial charge in [0.05, 0.1) is 6.04 Å². The Hall–Kier alpha value is -0.610. The van der Waals surface area contributed by atoms with Crippen LogP contribution in [0, 0.1) is 17.8 Å². The summed E-state index contributed by atoms with van der Waals surface area (Å²) < 4.78 is 0. The Morgan fingerprint density at radius 2 is 1.83 bits per heavy atom. The fourth-order valence-electron chi connectivity index (χ4n) is 5.37.